The fraction of sp³-hybridized carbons (Fsp3) is 0.250. The maximum absolute atomic E-state index is 12.3. The molecule has 0 aliphatic carbocycles. The van der Waals surface area contributed by atoms with E-state index < -0.39 is 0 Å². The number of carbonyl (C=O) groups excluding carboxylic acids is 1. The lowest BCUT2D eigenvalue weighted by Gasteiger charge is -2.32. The number of nitrogens with one attached hydrogen (secondary N) is 3. The minimum absolute atomic E-state index is 0.0541. The van der Waals surface area contributed by atoms with Crippen molar-refractivity contribution in [2.24, 2.45) is 5.92 Å². The van der Waals surface area contributed by atoms with Crippen molar-refractivity contribution < 1.29 is 4.79 Å². The molecular formula is C20H20N6O. The highest BCUT2D eigenvalue weighted by molar-refractivity contribution is 5.79. The highest BCUT2D eigenvalue weighted by atomic mass is 16.2. The smallest absolute Gasteiger partial charge is 0.221 e. The summed E-state index contributed by atoms with van der Waals surface area (Å²) in [4.78, 5) is 16.4. The number of para-hydroxylation sites is 1. The third-order valence-corrected chi connectivity index (χ3v) is 5.38. The van der Waals surface area contributed by atoms with Gasteiger partial charge in [0, 0.05) is 54.5 Å². The van der Waals surface area contributed by atoms with Gasteiger partial charge in [0.15, 0.2) is 0 Å². The maximum Gasteiger partial charge on any atom is 0.221 e. The van der Waals surface area contributed by atoms with E-state index in [1.54, 1.807) is 12.4 Å². The second kappa shape index (κ2) is 6.61. The zero-order chi connectivity index (χ0) is 18.2. The van der Waals surface area contributed by atoms with Crippen LogP contribution < -0.4 is 16.2 Å². The lowest BCUT2D eigenvalue weighted by molar-refractivity contribution is -0.124. The van der Waals surface area contributed by atoms with Crippen molar-refractivity contribution in [1.82, 2.24) is 30.9 Å². The molecule has 3 aromatic rings. The van der Waals surface area contributed by atoms with Crippen molar-refractivity contribution in [3.63, 3.8) is 0 Å². The summed E-state index contributed by atoms with van der Waals surface area (Å²) in [7, 11) is 0. The lowest BCUT2D eigenvalue weighted by atomic mass is 9.79. The summed E-state index contributed by atoms with van der Waals surface area (Å²) in [5.74, 6) is 0.425. The van der Waals surface area contributed by atoms with E-state index in [0.29, 0.717) is 6.42 Å². The highest BCUT2D eigenvalue weighted by Crippen LogP contribution is 2.39. The van der Waals surface area contributed by atoms with E-state index in [9.17, 15) is 4.79 Å². The van der Waals surface area contributed by atoms with Gasteiger partial charge < -0.3 is 5.32 Å². The van der Waals surface area contributed by atoms with Crippen molar-refractivity contribution in [1.29, 1.82) is 0 Å². The van der Waals surface area contributed by atoms with Crippen LogP contribution in [0.3, 0.4) is 0 Å². The molecule has 5 rings (SSSR count). The molecule has 2 aromatic heterocycles. The van der Waals surface area contributed by atoms with Crippen molar-refractivity contribution in [3.05, 3.63) is 66.6 Å². The minimum Gasteiger partial charge on any atom is -0.339 e. The summed E-state index contributed by atoms with van der Waals surface area (Å²) >= 11 is 0. The molecule has 2 aliphatic rings. The van der Waals surface area contributed by atoms with Gasteiger partial charge in [-0.2, -0.15) is 5.10 Å². The second-order valence-electron chi connectivity index (χ2n) is 6.99. The third-order valence-electron chi connectivity index (χ3n) is 5.38. The first-order valence-corrected chi connectivity index (χ1v) is 9.13. The van der Waals surface area contributed by atoms with Crippen LogP contribution >= 0.6 is 0 Å². The molecule has 3 N–H and O–H groups in total. The molecule has 0 bridgehead atoms. The zero-order valence-electron chi connectivity index (χ0n) is 14.7. The predicted molar refractivity (Wildman–Crippen MR) is 101 cm³/mol. The Morgan fingerprint density at radius 1 is 1.07 bits per heavy atom. The van der Waals surface area contributed by atoms with Crippen molar-refractivity contribution >= 4 is 5.91 Å². The molecule has 2 fully saturated rings. The van der Waals surface area contributed by atoms with Crippen LogP contribution in [-0.4, -0.2) is 33.4 Å². The molecule has 0 spiro atoms. The number of aromatic nitrogens is 3. The largest absolute Gasteiger partial charge is 0.339 e. The quantitative estimate of drug-likeness (QED) is 0.661. The molecule has 2 aliphatic heterocycles. The van der Waals surface area contributed by atoms with Crippen LogP contribution in [0.1, 0.15) is 17.9 Å². The van der Waals surface area contributed by atoms with E-state index in [-0.39, 0.29) is 23.9 Å². The molecule has 7 nitrogen and oxygen atoms in total. The Labute approximate surface area is 156 Å². The molecule has 2 saturated heterocycles. The lowest BCUT2D eigenvalue weighted by Crippen LogP contribution is -2.52. The van der Waals surface area contributed by atoms with E-state index in [1.807, 2.05) is 47.1 Å². The first-order valence-electron chi connectivity index (χ1n) is 9.13. The Balaban J connectivity index is 1.64. The van der Waals surface area contributed by atoms with Crippen LogP contribution in [0.5, 0.6) is 0 Å². The highest BCUT2D eigenvalue weighted by Gasteiger charge is 2.42. The molecular weight excluding hydrogens is 340 g/mol. The Morgan fingerprint density at radius 2 is 1.89 bits per heavy atom. The normalized spacial score (nSPS) is 24.4. The average molecular weight is 360 g/mol. The van der Waals surface area contributed by atoms with Gasteiger partial charge in [-0.1, -0.05) is 18.2 Å². The van der Waals surface area contributed by atoms with Crippen molar-refractivity contribution in [2.75, 3.05) is 6.54 Å². The Hall–Kier alpha value is -3.03. The summed E-state index contributed by atoms with van der Waals surface area (Å²) in [5.41, 5.74) is 10.4. The molecule has 136 valence electrons. The van der Waals surface area contributed by atoms with E-state index >= 15 is 0 Å². The van der Waals surface area contributed by atoms with Gasteiger partial charge in [-0.15, -0.1) is 0 Å². The number of benzene rings is 1. The number of carbonyl (C=O) groups is 1. The molecule has 3 atom stereocenters. The zero-order valence-corrected chi connectivity index (χ0v) is 14.7. The van der Waals surface area contributed by atoms with E-state index in [0.717, 1.165) is 29.1 Å². The van der Waals surface area contributed by atoms with Gasteiger partial charge in [-0.25, -0.2) is 10.1 Å². The summed E-state index contributed by atoms with van der Waals surface area (Å²) in [6, 6.07) is 14.0. The first kappa shape index (κ1) is 16.2. The SMILES string of the molecule is O=C1CC(c2cn(-c3ccccc3)nc2-c2ccncc2)C2CNNC2N1. The number of fused-ring (bicyclic) bond motifs is 1. The number of pyridine rings is 1. The Morgan fingerprint density at radius 3 is 2.70 bits per heavy atom. The molecule has 0 radical (unpaired) electrons. The van der Waals surface area contributed by atoms with Gasteiger partial charge in [0.25, 0.3) is 0 Å². The fourth-order valence-corrected chi connectivity index (χ4v) is 4.06. The molecule has 27 heavy (non-hydrogen) atoms. The van der Waals surface area contributed by atoms with Gasteiger partial charge in [-0.05, 0) is 24.3 Å². The van der Waals surface area contributed by atoms with Gasteiger partial charge in [0.1, 0.15) is 0 Å². The predicted octanol–water partition coefficient (Wildman–Crippen LogP) is 1.59. The first-order chi connectivity index (χ1) is 13.3. The monoisotopic (exact) mass is 360 g/mol. The summed E-state index contributed by atoms with van der Waals surface area (Å²) in [5, 5.41) is 7.91. The number of rotatable bonds is 3. The number of hydrazine groups is 1. The van der Waals surface area contributed by atoms with Crippen LogP contribution in [0.15, 0.2) is 61.1 Å². The van der Waals surface area contributed by atoms with E-state index in [2.05, 4.69) is 27.3 Å². The summed E-state index contributed by atoms with van der Waals surface area (Å²) in [6.45, 7) is 0.807. The van der Waals surface area contributed by atoms with E-state index in [1.165, 1.54) is 0 Å². The number of hydrogen-bond donors (Lipinski definition) is 3. The molecule has 4 heterocycles. The molecule has 7 heteroatoms. The van der Waals surface area contributed by atoms with Crippen LogP contribution in [0, 0.1) is 5.92 Å². The maximum atomic E-state index is 12.3. The van der Waals surface area contributed by atoms with Crippen molar-refractivity contribution in [3.8, 4) is 16.9 Å². The van der Waals surface area contributed by atoms with Gasteiger partial charge in [0.2, 0.25) is 5.91 Å². The van der Waals surface area contributed by atoms with Crippen LogP contribution in [0.2, 0.25) is 0 Å². The number of piperidine rings is 1. The van der Waals surface area contributed by atoms with E-state index in [4.69, 9.17) is 5.10 Å². The third kappa shape index (κ3) is 2.90. The Kier molecular flexibility index (Phi) is 3.95. The van der Waals surface area contributed by atoms with Gasteiger partial charge in [0.05, 0.1) is 17.5 Å². The second-order valence-corrected chi connectivity index (χ2v) is 6.99. The average Bonchev–Trinajstić information content (AvgIpc) is 3.36. The fourth-order valence-electron chi connectivity index (χ4n) is 4.06. The van der Waals surface area contributed by atoms with Gasteiger partial charge in [-0.3, -0.25) is 15.2 Å². The van der Waals surface area contributed by atoms with Crippen LogP contribution in [0.25, 0.3) is 16.9 Å². The molecule has 1 amide bonds. The minimum atomic E-state index is -0.0541. The number of nitrogens with zero attached hydrogens (tertiary/aromatic N) is 3. The Bertz CT molecular complexity index is 955. The summed E-state index contributed by atoms with van der Waals surface area (Å²) < 4.78 is 1.91. The van der Waals surface area contributed by atoms with Gasteiger partial charge >= 0.3 is 0 Å². The van der Waals surface area contributed by atoms with Crippen LogP contribution in [0.4, 0.5) is 0 Å². The van der Waals surface area contributed by atoms with Crippen LogP contribution in [-0.2, 0) is 4.79 Å². The number of amides is 1. The topological polar surface area (TPSA) is 83.9 Å². The molecule has 0 saturated carbocycles. The number of hydrogen-bond acceptors (Lipinski definition) is 5. The standard InChI is InChI=1S/C20H20N6O/c27-18-10-15(16-11-22-24-20(16)23-18)17-12-26(14-4-2-1-3-5-14)25-19(17)13-6-8-21-9-7-13/h1-9,12,15-16,20,22,24H,10-11H2,(H,23,27). The summed E-state index contributed by atoms with van der Waals surface area (Å²) in [6.07, 6.45) is 6.03. The molecule has 3 unspecified atom stereocenters. The van der Waals surface area contributed by atoms with Crippen molar-refractivity contribution in [2.45, 2.75) is 18.5 Å². The molecule has 1 aromatic carbocycles.